The van der Waals surface area contributed by atoms with Gasteiger partial charge < -0.3 is 25.2 Å². The Balaban J connectivity index is 2.69. The van der Waals surface area contributed by atoms with Gasteiger partial charge in [0.2, 0.25) is 5.75 Å². The third-order valence-corrected chi connectivity index (χ3v) is 3.91. The van der Waals surface area contributed by atoms with Crippen LogP contribution in [0.25, 0.3) is 0 Å². The summed E-state index contributed by atoms with van der Waals surface area (Å²) in [6.45, 7) is 5.20. The Labute approximate surface area is 155 Å². The number of thiocarbonyl (C=S) groups is 1. The molecule has 0 spiro atoms. The standard InChI is InChI=1S/C16H19N3O6S/c1-4-24-14-10(20)7-6-9(13(14)19(22)23)12-11(15(21)25-5-2)8(3)17-16(26)18-12/h6-7,12,20H,4-5H2,1-3H3,(H2,17,18,26). The maximum atomic E-state index is 12.4. The second kappa shape index (κ2) is 8.00. The number of allylic oxidation sites excluding steroid dienone is 1. The molecule has 3 N–H and O–H groups in total. The van der Waals surface area contributed by atoms with Gasteiger partial charge >= 0.3 is 11.7 Å². The first-order valence-corrected chi connectivity index (χ1v) is 8.31. The van der Waals surface area contributed by atoms with Gasteiger partial charge in [-0.2, -0.15) is 0 Å². The third kappa shape index (κ3) is 3.69. The van der Waals surface area contributed by atoms with Gasteiger partial charge in [0.05, 0.1) is 35.3 Å². The van der Waals surface area contributed by atoms with Gasteiger partial charge in [0.15, 0.2) is 10.9 Å². The number of nitrogens with one attached hydrogen (secondary N) is 2. The smallest absolute Gasteiger partial charge is 0.338 e. The lowest BCUT2D eigenvalue weighted by Gasteiger charge is -2.29. The topological polar surface area (TPSA) is 123 Å². The molecule has 26 heavy (non-hydrogen) atoms. The fraction of sp³-hybridized carbons (Fsp3) is 0.375. The lowest BCUT2D eigenvalue weighted by atomic mass is 9.93. The fourth-order valence-electron chi connectivity index (χ4n) is 2.69. The third-order valence-electron chi connectivity index (χ3n) is 3.69. The monoisotopic (exact) mass is 381 g/mol. The molecule has 1 aliphatic rings. The maximum absolute atomic E-state index is 12.4. The molecule has 140 valence electrons. The number of aromatic hydroxyl groups is 1. The van der Waals surface area contributed by atoms with Crippen LogP contribution in [0.4, 0.5) is 5.69 Å². The van der Waals surface area contributed by atoms with Crippen LogP contribution in [0.5, 0.6) is 11.5 Å². The molecule has 0 radical (unpaired) electrons. The van der Waals surface area contributed by atoms with Gasteiger partial charge in [0.25, 0.3) is 0 Å². The Morgan fingerprint density at radius 3 is 2.65 bits per heavy atom. The Morgan fingerprint density at radius 1 is 1.38 bits per heavy atom. The molecule has 1 unspecified atom stereocenters. The molecule has 1 aliphatic heterocycles. The number of benzene rings is 1. The van der Waals surface area contributed by atoms with Gasteiger partial charge in [-0.1, -0.05) is 0 Å². The number of carbonyl (C=O) groups is 1. The summed E-state index contributed by atoms with van der Waals surface area (Å²) < 4.78 is 10.3. The van der Waals surface area contributed by atoms with Crippen LogP contribution in [0.3, 0.4) is 0 Å². The minimum Gasteiger partial charge on any atom is -0.504 e. The molecule has 2 rings (SSSR count). The van der Waals surface area contributed by atoms with Crippen molar-refractivity contribution in [2.75, 3.05) is 13.2 Å². The normalized spacial score (nSPS) is 16.6. The molecule has 1 atom stereocenters. The zero-order valence-corrected chi connectivity index (χ0v) is 15.3. The first-order chi connectivity index (χ1) is 12.3. The fourth-order valence-corrected chi connectivity index (χ4v) is 2.96. The van der Waals surface area contributed by atoms with E-state index in [2.05, 4.69) is 10.6 Å². The molecule has 0 fully saturated rings. The summed E-state index contributed by atoms with van der Waals surface area (Å²) >= 11 is 5.12. The van der Waals surface area contributed by atoms with Crippen molar-refractivity contribution in [2.24, 2.45) is 0 Å². The number of esters is 1. The van der Waals surface area contributed by atoms with Crippen molar-refractivity contribution in [3.05, 3.63) is 39.1 Å². The van der Waals surface area contributed by atoms with Crippen molar-refractivity contribution in [3.8, 4) is 11.5 Å². The Bertz CT molecular complexity index is 792. The molecule has 9 nitrogen and oxygen atoms in total. The second-order valence-corrected chi connectivity index (χ2v) is 5.74. The van der Waals surface area contributed by atoms with Crippen LogP contribution >= 0.6 is 12.2 Å². The summed E-state index contributed by atoms with van der Waals surface area (Å²) in [6, 6.07) is 1.70. The van der Waals surface area contributed by atoms with Crippen molar-refractivity contribution >= 4 is 29.0 Å². The number of hydrogen-bond donors (Lipinski definition) is 3. The van der Waals surface area contributed by atoms with E-state index in [0.29, 0.717) is 5.70 Å². The minimum absolute atomic E-state index is 0.121. The van der Waals surface area contributed by atoms with Crippen LogP contribution in [0.15, 0.2) is 23.4 Å². The Morgan fingerprint density at radius 2 is 2.08 bits per heavy atom. The quantitative estimate of drug-likeness (QED) is 0.294. The number of nitrogens with zero attached hydrogens (tertiary/aromatic N) is 1. The van der Waals surface area contributed by atoms with Gasteiger partial charge in [-0.25, -0.2) is 4.79 Å². The number of rotatable bonds is 6. The van der Waals surface area contributed by atoms with E-state index in [1.165, 1.54) is 12.1 Å². The van der Waals surface area contributed by atoms with E-state index < -0.39 is 22.6 Å². The molecule has 0 saturated heterocycles. The molecule has 1 aromatic rings. The van der Waals surface area contributed by atoms with Gasteiger partial charge in [-0.15, -0.1) is 0 Å². The van der Waals surface area contributed by atoms with Crippen LogP contribution in [0.2, 0.25) is 0 Å². The molecular formula is C16H19N3O6S. The van der Waals surface area contributed by atoms with Gasteiger partial charge in [0, 0.05) is 5.70 Å². The van der Waals surface area contributed by atoms with Crippen LogP contribution in [0.1, 0.15) is 32.4 Å². The van der Waals surface area contributed by atoms with Crippen LogP contribution in [-0.2, 0) is 9.53 Å². The predicted molar refractivity (Wildman–Crippen MR) is 96.9 cm³/mol. The van der Waals surface area contributed by atoms with E-state index in [0.717, 1.165) is 0 Å². The first-order valence-electron chi connectivity index (χ1n) is 7.90. The van der Waals surface area contributed by atoms with Crippen LogP contribution in [-0.4, -0.2) is 34.3 Å². The number of ether oxygens (including phenoxy) is 2. The summed E-state index contributed by atoms with van der Waals surface area (Å²) in [5.41, 5.74) is 0.278. The molecule has 0 bridgehead atoms. The minimum atomic E-state index is -0.928. The maximum Gasteiger partial charge on any atom is 0.338 e. The van der Waals surface area contributed by atoms with Gasteiger partial charge in [-0.3, -0.25) is 10.1 Å². The summed E-state index contributed by atoms with van der Waals surface area (Å²) in [7, 11) is 0. The molecule has 0 aliphatic carbocycles. The highest BCUT2D eigenvalue weighted by molar-refractivity contribution is 7.80. The lowest BCUT2D eigenvalue weighted by molar-refractivity contribution is -0.386. The summed E-state index contributed by atoms with van der Waals surface area (Å²) in [5, 5.41) is 27.5. The van der Waals surface area contributed by atoms with Crippen molar-refractivity contribution in [3.63, 3.8) is 0 Å². The summed E-state index contributed by atoms with van der Waals surface area (Å²) in [5.74, 6) is -1.25. The van der Waals surface area contributed by atoms with Crippen LogP contribution < -0.4 is 15.4 Å². The molecule has 0 amide bonds. The highest BCUT2D eigenvalue weighted by Gasteiger charge is 2.37. The van der Waals surface area contributed by atoms with Crippen molar-refractivity contribution in [1.82, 2.24) is 10.6 Å². The highest BCUT2D eigenvalue weighted by Crippen LogP contribution is 2.43. The van der Waals surface area contributed by atoms with E-state index >= 15 is 0 Å². The number of phenolic OH excluding ortho intramolecular Hbond substituents is 1. The predicted octanol–water partition coefficient (Wildman–Crippen LogP) is 2.05. The molecule has 1 aromatic carbocycles. The zero-order valence-electron chi connectivity index (χ0n) is 14.5. The van der Waals surface area contributed by atoms with E-state index in [-0.39, 0.29) is 41.0 Å². The second-order valence-electron chi connectivity index (χ2n) is 5.33. The molecule has 0 aromatic heterocycles. The van der Waals surface area contributed by atoms with Crippen molar-refractivity contribution < 1.29 is 24.3 Å². The molecule has 1 heterocycles. The Kier molecular flexibility index (Phi) is 5.98. The summed E-state index contributed by atoms with van der Waals surface area (Å²) in [4.78, 5) is 23.4. The number of carbonyl (C=O) groups excluding carboxylic acids is 1. The molecular weight excluding hydrogens is 362 g/mol. The SMILES string of the molecule is CCOC(=O)C1=C(C)NC(=S)NC1c1ccc(O)c(OCC)c1[N+](=O)[O-]. The number of nitro benzene ring substituents is 1. The summed E-state index contributed by atoms with van der Waals surface area (Å²) in [6.07, 6.45) is 0. The number of hydrogen-bond acceptors (Lipinski definition) is 7. The zero-order chi connectivity index (χ0) is 19.4. The van der Waals surface area contributed by atoms with Crippen molar-refractivity contribution in [1.29, 1.82) is 0 Å². The average Bonchev–Trinajstić information content (AvgIpc) is 2.55. The lowest BCUT2D eigenvalue weighted by Crippen LogP contribution is -2.45. The van der Waals surface area contributed by atoms with Crippen LogP contribution in [0, 0.1) is 10.1 Å². The van der Waals surface area contributed by atoms with E-state index in [1.54, 1.807) is 20.8 Å². The largest absolute Gasteiger partial charge is 0.504 e. The average molecular weight is 381 g/mol. The highest BCUT2D eigenvalue weighted by atomic mass is 32.1. The van der Waals surface area contributed by atoms with Gasteiger partial charge in [-0.05, 0) is 45.1 Å². The van der Waals surface area contributed by atoms with E-state index in [9.17, 15) is 20.0 Å². The molecule has 10 heteroatoms. The van der Waals surface area contributed by atoms with E-state index in [1.807, 2.05) is 0 Å². The molecule has 0 saturated carbocycles. The van der Waals surface area contributed by atoms with E-state index in [4.69, 9.17) is 21.7 Å². The Hall–Kier alpha value is -2.88. The number of phenols is 1. The number of nitro groups is 1. The van der Waals surface area contributed by atoms with Crippen molar-refractivity contribution in [2.45, 2.75) is 26.8 Å². The van der Waals surface area contributed by atoms with Gasteiger partial charge in [0.1, 0.15) is 0 Å². The first kappa shape index (κ1) is 19.4.